The molecule has 1 rings (SSSR count). The first-order valence-corrected chi connectivity index (χ1v) is 5.75. The maximum absolute atomic E-state index is 5.61. The second kappa shape index (κ2) is 5.99. The molecule has 1 unspecified atom stereocenters. The van der Waals surface area contributed by atoms with Crippen molar-refractivity contribution < 1.29 is 4.74 Å². The van der Waals surface area contributed by atoms with Crippen molar-refractivity contribution in [3.8, 4) is 0 Å². The van der Waals surface area contributed by atoms with Gasteiger partial charge in [0, 0.05) is 32.0 Å². The summed E-state index contributed by atoms with van der Waals surface area (Å²) in [6.07, 6.45) is 3.88. The third-order valence-electron chi connectivity index (χ3n) is 1.98. The molecule has 0 aliphatic rings. The van der Waals surface area contributed by atoms with Crippen LogP contribution in [-0.4, -0.2) is 29.0 Å². The molecule has 0 bridgehead atoms. The van der Waals surface area contributed by atoms with E-state index in [9.17, 15) is 0 Å². The van der Waals surface area contributed by atoms with Crippen LogP contribution in [-0.2, 0) is 11.8 Å². The second-order valence-corrected chi connectivity index (χ2v) is 3.96. The predicted molar refractivity (Wildman–Crippen MR) is 63.4 cm³/mol. The average Bonchev–Trinajstić information content (AvgIpc) is 2.61. The van der Waals surface area contributed by atoms with E-state index < -0.39 is 0 Å². The fourth-order valence-electron chi connectivity index (χ4n) is 1.32. The summed E-state index contributed by atoms with van der Waals surface area (Å²) in [5, 5.41) is 9.71. The summed E-state index contributed by atoms with van der Waals surface area (Å²) in [6.45, 7) is 5.49. The number of aromatic nitrogens is 2. The number of aryl methyl sites for hydroxylation is 1. The fourth-order valence-corrected chi connectivity index (χ4v) is 1.83. The molecule has 1 heterocycles. The molecule has 6 heteroatoms. The Labute approximate surface area is 94.8 Å². The summed E-state index contributed by atoms with van der Waals surface area (Å²) in [7, 11) is 1.88. The van der Waals surface area contributed by atoms with Gasteiger partial charge in [-0.2, -0.15) is 5.10 Å². The lowest BCUT2D eigenvalue weighted by atomic mass is 10.4. The van der Waals surface area contributed by atoms with Crippen molar-refractivity contribution in [3.63, 3.8) is 0 Å². The Kier molecular flexibility index (Phi) is 4.93. The van der Waals surface area contributed by atoms with Crippen LogP contribution in [0.1, 0.15) is 13.8 Å². The molecule has 1 aromatic heterocycles. The molecule has 86 valence electrons. The minimum absolute atomic E-state index is 0.159. The van der Waals surface area contributed by atoms with Crippen molar-refractivity contribution in [3.05, 3.63) is 12.4 Å². The number of ether oxygens (including phenoxy) is 1. The zero-order valence-electron chi connectivity index (χ0n) is 9.38. The van der Waals surface area contributed by atoms with Gasteiger partial charge in [0.2, 0.25) is 0 Å². The number of hydrogen-bond donors (Lipinski definition) is 1. The maximum atomic E-state index is 5.61. The molecule has 1 aromatic rings. The molecular formula is C9H18N4OS. The Morgan fingerprint density at radius 2 is 2.47 bits per heavy atom. The van der Waals surface area contributed by atoms with E-state index in [1.807, 2.05) is 31.4 Å². The highest BCUT2D eigenvalue weighted by Crippen LogP contribution is 2.18. The van der Waals surface area contributed by atoms with Crippen LogP contribution in [0.15, 0.2) is 12.4 Å². The van der Waals surface area contributed by atoms with Crippen molar-refractivity contribution in [2.75, 3.05) is 17.5 Å². The Balaban J connectivity index is 2.56. The van der Waals surface area contributed by atoms with E-state index >= 15 is 0 Å². The number of rotatable bonds is 6. The summed E-state index contributed by atoms with van der Waals surface area (Å²) in [5.74, 6) is 0. The summed E-state index contributed by atoms with van der Waals surface area (Å²) in [5.41, 5.74) is 0.997. The Hall–Kier alpha value is -0.720. The first-order chi connectivity index (χ1) is 7.17. The minimum Gasteiger partial charge on any atom is -0.377 e. The summed E-state index contributed by atoms with van der Waals surface area (Å²) < 4.78 is 9.18. The Morgan fingerprint density at radius 1 is 1.73 bits per heavy atom. The van der Waals surface area contributed by atoms with Crippen LogP contribution in [0.3, 0.4) is 0 Å². The minimum atomic E-state index is 0.159. The van der Waals surface area contributed by atoms with Crippen LogP contribution < -0.4 is 9.44 Å². The lowest BCUT2D eigenvalue weighted by molar-refractivity contribution is 0.0836. The van der Waals surface area contributed by atoms with Crippen LogP contribution in [0.2, 0.25) is 0 Å². The third-order valence-corrected chi connectivity index (χ3v) is 2.59. The molecule has 0 saturated carbocycles. The molecule has 0 fully saturated rings. The van der Waals surface area contributed by atoms with Crippen LogP contribution in [0.25, 0.3) is 0 Å². The van der Waals surface area contributed by atoms with E-state index in [0.29, 0.717) is 0 Å². The predicted octanol–water partition coefficient (Wildman–Crippen LogP) is 1.17. The van der Waals surface area contributed by atoms with Gasteiger partial charge in [-0.25, -0.2) is 0 Å². The van der Waals surface area contributed by atoms with Crippen molar-refractivity contribution >= 4 is 17.8 Å². The molecule has 0 radical (unpaired) electrons. The number of nitrogens with zero attached hydrogens (tertiary/aromatic N) is 3. The van der Waals surface area contributed by atoms with E-state index in [1.165, 1.54) is 12.1 Å². The highest BCUT2D eigenvalue weighted by Gasteiger charge is 2.12. The van der Waals surface area contributed by atoms with Gasteiger partial charge in [0.1, 0.15) is 0 Å². The van der Waals surface area contributed by atoms with Gasteiger partial charge in [0.15, 0.2) is 0 Å². The van der Waals surface area contributed by atoms with Crippen molar-refractivity contribution in [2.45, 2.75) is 20.0 Å². The highest BCUT2D eigenvalue weighted by molar-refractivity contribution is 7.98. The first-order valence-electron chi connectivity index (χ1n) is 4.92. The second-order valence-electron chi connectivity index (χ2n) is 3.30. The quantitative estimate of drug-likeness (QED) is 0.744. The molecule has 15 heavy (non-hydrogen) atoms. The van der Waals surface area contributed by atoms with Crippen LogP contribution in [0.4, 0.5) is 5.69 Å². The van der Waals surface area contributed by atoms with E-state index in [1.54, 1.807) is 10.9 Å². The molecule has 5 nitrogen and oxygen atoms in total. The van der Waals surface area contributed by atoms with E-state index in [0.717, 1.165) is 18.8 Å². The van der Waals surface area contributed by atoms with E-state index in [4.69, 9.17) is 9.88 Å². The molecule has 0 aliphatic heterocycles. The third kappa shape index (κ3) is 3.73. The first kappa shape index (κ1) is 12.4. The Bertz CT molecular complexity index is 291. The van der Waals surface area contributed by atoms with Gasteiger partial charge in [-0.3, -0.25) is 14.1 Å². The standard InChI is InChI=1S/C9H18N4OS/c1-4-14-8(2)6-13(15-10)9-5-11-12(3)7-9/h5,7-8H,4,6,10H2,1-3H3. The van der Waals surface area contributed by atoms with Crippen molar-refractivity contribution in [1.29, 1.82) is 0 Å². The van der Waals surface area contributed by atoms with Gasteiger partial charge in [-0.1, -0.05) is 0 Å². The van der Waals surface area contributed by atoms with Crippen LogP contribution >= 0.6 is 12.1 Å². The molecule has 0 aromatic carbocycles. The van der Waals surface area contributed by atoms with Crippen LogP contribution in [0, 0.1) is 0 Å². The summed E-state index contributed by atoms with van der Waals surface area (Å²) in [4.78, 5) is 0. The monoisotopic (exact) mass is 230 g/mol. The van der Waals surface area contributed by atoms with Gasteiger partial charge in [0.05, 0.1) is 24.5 Å². The van der Waals surface area contributed by atoms with E-state index in [2.05, 4.69) is 5.10 Å². The molecule has 0 amide bonds. The van der Waals surface area contributed by atoms with Crippen molar-refractivity contribution in [1.82, 2.24) is 9.78 Å². The molecular weight excluding hydrogens is 212 g/mol. The largest absolute Gasteiger partial charge is 0.377 e. The van der Waals surface area contributed by atoms with Crippen LogP contribution in [0.5, 0.6) is 0 Å². The fraction of sp³-hybridized carbons (Fsp3) is 0.667. The van der Waals surface area contributed by atoms with Crippen molar-refractivity contribution in [2.24, 2.45) is 12.2 Å². The van der Waals surface area contributed by atoms with Gasteiger partial charge < -0.3 is 4.74 Å². The van der Waals surface area contributed by atoms with Gasteiger partial charge in [-0.05, 0) is 13.8 Å². The number of anilines is 1. The molecule has 2 N–H and O–H groups in total. The van der Waals surface area contributed by atoms with Gasteiger partial charge in [-0.15, -0.1) is 0 Å². The van der Waals surface area contributed by atoms with E-state index in [-0.39, 0.29) is 6.10 Å². The van der Waals surface area contributed by atoms with Gasteiger partial charge in [0.25, 0.3) is 0 Å². The highest BCUT2D eigenvalue weighted by atomic mass is 32.2. The Morgan fingerprint density at radius 3 is 2.93 bits per heavy atom. The zero-order valence-corrected chi connectivity index (χ0v) is 10.2. The normalized spacial score (nSPS) is 12.8. The SMILES string of the molecule is CCOC(C)CN(SN)c1cnn(C)c1. The lowest BCUT2D eigenvalue weighted by Gasteiger charge is -2.22. The zero-order chi connectivity index (χ0) is 11.3. The van der Waals surface area contributed by atoms with Gasteiger partial charge >= 0.3 is 0 Å². The maximum Gasteiger partial charge on any atom is 0.0862 e. The summed E-state index contributed by atoms with van der Waals surface area (Å²) in [6, 6.07) is 0. The number of hydrogen-bond acceptors (Lipinski definition) is 5. The molecule has 0 saturated heterocycles. The average molecular weight is 230 g/mol. The summed E-state index contributed by atoms with van der Waals surface area (Å²) >= 11 is 1.19. The molecule has 0 spiro atoms. The topological polar surface area (TPSA) is 56.3 Å². The lowest BCUT2D eigenvalue weighted by Crippen LogP contribution is -2.28. The molecule has 0 aliphatic carbocycles. The molecule has 1 atom stereocenters. The smallest absolute Gasteiger partial charge is 0.0862 e. The number of nitrogens with two attached hydrogens (primary N) is 1.